The fourth-order valence-corrected chi connectivity index (χ4v) is 3.70. The normalized spacial score (nSPS) is 13.9. The molecule has 0 aromatic carbocycles. The Morgan fingerprint density at radius 3 is 1.82 bits per heavy atom. The van der Waals surface area contributed by atoms with Gasteiger partial charge in [-0.05, 0) is 33.5 Å². The van der Waals surface area contributed by atoms with Crippen molar-refractivity contribution in [3.05, 3.63) is 0 Å². The molecule has 0 amide bonds. The van der Waals surface area contributed by atoms with Crippen LogP contribution in [0, 0.1) is 0 Å². The number of nitrogens with zero attached hydrogens (tertiary/aromatic N) is 1. The molecule has 11 heavy (non-hydrogen) atoms. The van der Waals surface area contributed by atoms with E-state index in [2.05, 4.69) is 32.4 Å². The van der Waals surface area contributed by atoms with Crippen molar-refractivity contribution < 1.29 is 0 Å². The van der Waals surface area contributed by atoms with Crippen molar-refractivity contribution in [2.45, 2.75) is 34.1 Å². The summed E-state index contributed by atoms with van der Waals surface area (Å²) >= 11 is 0. The molecular weight excluding hydrogens is 153 g/mol. The van der Waals surface area contributed by atoms with Gasteiger partial charge in [-0.3, -0.25) is 4.67 Å². The van der Waals surface area contributed by atoms with Crippen molar-refractivity contribution >= 4 is 8.07 Å². The Labute approximate surface area is 73.0 Å². The number of rotatable bonds is 6. The maximum Gasteiger partial charge on any atom is -0.000766 e. The maximum absolute atomic E-state index is 2.62. The standard InChI is InChI=1S/C9H22NP/c1-5-9-11(8-4)10(6-2)7-3/h5-9H2,1-4H3. The first-order valence-electron chi connectivity index (χ1n) is 4.79. The van der Waals surface area contributed by atoms with E-state index >= 15 is 0 Å². The molecule has 0 aliphatic heterocycles. The second kappa shape index (κ2) is 7.06. The third-order valence-corrected chi connectivity index (χ3v) is 5.04. The van der Waals surface area contributed by atoms with Gasteiger partial charge < -0.3 is 0 Å². The van der Waals surface area contributed by atoms with Crippen LogP contribution in [0.25, 0.3) is 0 Å². The molecule has 68 valence electrons. The van der Waals surface area contributed by atoms with E-state index in [-0.39, 0.29) is 8.07 Å². The molecule has 0 aromatic rings. The van der Waals surface area contributed by atoms with Crippen molar-refractivity contribution in [2.24, 2.45) is 0 Å². The number of hydrogen-bond acceptors (Lipinski definition) is 1. The van der Waals surface area contributed by atoms with Crippen LogP contribution in [0.1, 0.15) is 34.1 Å². The summed E-state index contributed by atoms with van der Waals surface area (Å²) in [7, 11) is 0.211. The summed E-state index contributed by atoms with van der Waals surface area (Å²) in [6, 6.07) is 0. The molecule has 0 heterocycles. The fourth-order valence-electron chi connectivity index (χ4n) is 1.38. The third-order valence-electron chi connectivity index (χ3n) is 1.98. The van der Waals surface area contributed by atoms with E-state index in [9.17, 15) is 0 Å². The summed E-state index contributed by atoms with van der Waals surface area (Å²) in [5.74, 6) is 0. The lowest BCUT2D eigenvalue weighted by Gasteiger charge is -2.28. The van der Waals surface area contributed by atoms with Gasteiger partial charge in [-0.2, -0.15) is 0 Å². The van der Waals surface area contributed by atoms with Crippen LogP contribution < -0.4 is 0 Å². The zero-order valence-corrected chi connectivity index (χ0v) is 9.32. The van der Waals surface area contributed by atoms with E-state index in [1.54, 1.807) is 0 Å². The van der Waals surface area contributed by atoms with E-state index < -0.39 is 0 Å². The predicted octanol–water partition coefficient (Wildman–Crippen LogP) is 3.16. The molecule has 0 aromatic heterocycles. The second-order valence-electron chi connectivity index (χ2n) is 2.69. The Kier molecular flexibility index (Phi) is 7.31. The largest absolute Gasteiger partial charge is 0.282 e. The van der Waals surface area contributed by atoms with Crippen LogP contribution in [0.5, 0.6) is 0 Å². The molecule has 0 aliphatic carbocycles. The predicted molar refractivity (Wildman–Crippen MR) is 55.5 cm³/mol. The highest BCUT2D eigenvalue weighted by molar-refractivity contribution is 7.55. The van der Waals surface area contributed by atoms with Gasteiger partial charge in [-0.15, -0.1) is 0 Å². The monoisotopic (exact) mass is 175 g/mol. The summed E-state index contributed by atoms with van der Waals surface area (Å²) in [6.45, 7) is 11.6. The van der Waals surface area contributed by atoms with Crippen molar-refractivity contribution in [1.29, 1.82) is 0 Å². The molecule has 0 N–H and O–H groups in total. The first-order valence-corrected chi connectivity index (χ1v) is 6.46. The van der Waals surface area contributed by atoms with Gasteiger partial charge in [-0.25, -0.2) is 0 Å². The summed E-state index contributed by atoms with van der Waals surface area (Å²) in [5.41, 5.74) is 0. The summed E-state index contributed by atoms with van der Waals surface area (Å²) in [5, 5.41) is 0. The highest BCUT2D eigenvalue weighted by Crippen LogP contribution is 2.39. The minimum atomic E-state index is 0.211. The highest BCUT2D eigenvalue weighted by Gasteiger charge is 2.10. The number of hydrogen-bond donors (Lipinski definition) is 0. The van der Waals surface area contributed by atoms with E-state index in [1.807, 2.05) is 0 Å². The fraction of sp³-hybridized carbons (Fsp3) is 1.00. The van der Waals surface area contributed by atoms with Crippen LogP contribution >= 0.6 is 8.07 Å². The van der Waals surface area contributed by atoms with E-state index in [4.69, 9.17) is 0 Å². The van der Waals surface area contributed by atoms with E-state index in [0.717, 1.165) is 0 Å². The third kappa shape index (κ3) is 4.08. The average molecular weight is 175 g/mol. The Morgan fingerprint density at radius 2 is 1.55 bits per heavy atom. The molecule has 0 spiro atoms. The van der Waals surface area contributed by atoms with Crippen LogP contribution in [0.15, 0.2) is 0 Å². The molecule has 0 bridgehead atoms. The minimum Gasteiger partial charge on any atom is -0.282 e. The zero-order chi connectivity index (χ0) is 8.69. The van der Waals surface area contributed by atoms with Crippen LogP contribution in [-0.2, 0) is 0 Å². The second-order valence-corrected chi connectivity index (χ2v) is 5.34. The molecule has 0 fully saturated rings. The Bertz CT molecular complexity index is 81.6. The van der Waals surface area contributed by atoms with E-state index in [0.29, 0.717) is 0 Å². The molecule has 1 atom stereocenters. The highest BCUT2D eigenvalue weighted by atomic mass is 31.1. The van der Waals surface area contributed by atoms with Gasteiger partial charge in [0.1, 0.15) is 0 Å². The van der Waals surface area contributed by atoms with Crippen molar-refractivity contribution in [2.75, 3.05) is 25.4 Å². The molecule has 1 nitrogen and oxygen atoms in total. The average Bonchev–Trinajstić information content (AvgIpc) is 2.05. The Balaban J connectivity index is 3.76. The molecule has 0 saturated heterocycles. The smallest absolute Gasteiger partial charge is 0.000766 e. The van der Waals surface area contributed by atoms with Gasteiger partial charge in [0.2, 0.25) is 0 Å². The summed E-state index contributed by atoms with van der Waals surface area (Å²) in [6.07, 6.45) is 4.13. The van der Waals surface area contributed by atoms with E-state index in [1.165, 1.54) is 31.8 Å². The van der Waals surface area contributed by atoms with Gasteiger partial charge in [0.05, 0.1) is 0 Å². The van der Waals surface area contributed by atoms with Gasteiger partial charge in [-0.1, -0.05) is 34.1 Å². The molecule has 2 heteroatoms. The van der Waals surface area contributed by atoms with Gasteiger partial charge in [0, 0.05) is 0 Å². The van der Waals surface area contributed by atoms with Crippen LogP contribution in [0.2, 0.25) is 0 Å². The quantitative estimate of drug-likeness (QED) is 0.560. The van der Waals surface area contributed by atoms with Gasteiger partial charge in [0.15, 0.2) is 0 Å². The van der Waals surface area contributed by atoms with Crippen molar-refractivity contribution in [1.82, 2.24) is 4.67 Å². The molecule has 0 aliphatic rings. The van der Waals surface area contributed by atoms with Crippen molar-refractivity contribution in [3.63, 3.8) is 0 Å². The SMILES string of the molecule is CCCP(CC)N(CC)CC. The van der Waals surface area contributed by atoms with Crippen LogP contribution in [0.3, 0.4) is 0 Å². The molecule has 0 radical (unpaired) electrons. The minimum absolute atomic E-state index is 0.211. The first kappa shape index (κ1) is 11.4. The summed E-state index contributed by atoms with van der Waals surface area (Å²) in [4.78, 5) is 0. The maximum atomic E-state index is 2.62. The lowest BCUT2D eigenvalue weighted by Crippen LogP contribution is -2.19. The zero-order valence-electron chi connectivity index (χ0n) is 8.43. The van der Waals surface area contributed by atoms with Crippen LogP contribution in [0.4, 0.5) is 0 Å². The molecular formula is C9H22NP. The Hall–Kier alpha value is 0.390. The molecule has 0 rings (SSSR count). The molecule has 0 saturated carbocycles. The molecule has 1 unspecified atom stereocenters. The summed E-state index contributed by atoms with van der Waals surface area (Å²) < 4.78 is 2.62. The first-order chi connectivity index (χ1) is 5.29. The lowest BCUT2D eigenvalue weighted by molar-refractivity contribution is 0.505. The van der Waals surface area contributed by atoms with Crippen molar-refractivity contribution in [3.8, 4) is 0 Å². The van der Waals surface area contributed by atoms with Crippen LogP contribution in [-0.4, -0.2) is 30.1 Å². The lowest BCUT2D eigenvalue weighted by atomic mass is 10.6. The Morgan fingerprint density at radius 1 is 1.00 bits per heavy atom. The topological polar surface area (TPSA) is 3.24 Å². The van der Waals surface area contributed by atoms with Gasteiger partial charge in [0.25, 0.3) is 0 Å². The van der Waals surface area contributed by atoms with Gasteiger partial charge >= 0.3 is 0 Å².